The van der Waals surface area contributed by atoms with Crippen molar-refractivity contribution in [2.45, 2.75) is 17.1 Å². The molecule has 0 heterocycles. The molecule has 0 aliphatic carbocycles. The third kappa shape index (κ3) is 3.79. The van der Waals surface area contributed by atoms with E-state index in [2.05, 4.69) is 10.0 Å². The lowest BCUT2D eigenvalue weighted by Gasteiger charge is -2.13. The van der Waals surface area contributed by atoms with Crippen LogP contribution in [0.4, 0.5) is 5.69 Å². The van der Waals surface area contributed by atoms with Gasteiger partial charge in [0.05, 0.1) is 5.69 Å². The summed E-state index contributed by atoms with van der Waals surface area (Å²) in [5.41, 5.74) is 0.537. The van der Waals surface area contributed by atoms with Gasteiger partial charge < -0.3 is 5.32 Å². The van der Waals surface area contributed by atoms with Gasteiger partial charge in [0.2, 0.25) is 10.0 Å². The van der Waals surface area contributed by atoms with Crippen molar-refractivity contribution in [2.24, 2.45) is 0 Å². The third-order valence-electron chi connectivity index (χ3n) is 2.57. The minimum atomic E-state index is -3.58. The van der Waals surface area contributed by atoms with Crippen molar-refractivity contribution < 1.29 is 12.6 Å². The molecule has 1 rings (SSSR count). The van der Waals surface area contributed by atoms with E-state index in [1.807, 2.05) is 0 Å². The summed E-state index contributed by atoms with van der Waals surface area (Å²) in [5, 5.41) is 2.61. The van der Waals surface area contributed by atoms with E-state index in [1.165, 1.54) is 6.07 Å². The molecule has 5 nitrogen and oxygen atoms in total. The first-order valence-electron chi connectivity index (χ1n) is 5.47. The van der Waals surface area contributed by atoms with Gasteiger partial charge in [0.15, 0.2) is 0 Å². The van der Waals surface area contributed by atoms with Crippen LogP contribution in [0.1, 0.15) is 6.92 Å². The fourth-order valence-corrected chi connectivity index (χ4v) is 3.10. The summed E-state index contributed by atoms with van der Waals surface area (Å²) >= 11 is 0. The minimum Gasteiger partial charge on any atom is -0.387 e. The Morgan fingerprint density at radius 2 is 1.94 bits per heavy atom. The number of hydrogen-bond acceptors (Lipinski definition) is 4. The van der Waals surface area contributed by atoms with Crippen LogP contribution in [0.25, 0.3) is 0 Å². The molecular formula is C11H18N2O3S2. The number of nitrogens with one attached hydrogen (secondary N) is 2. The van der Waals surface area contributed by atoms with Gasteiger partial charge in [-0.15, -0.1) is 0 Å². The van der Waals surface area contributed by atoms with Gasteiger partial charge in [-0.1, -0.05) is 12.1 Å². The molecule has 0 spiro atoms. The molecule has 2 unspecified atom stereocenters. The van der Waals surface area contributed by atoms with Crippen LogP contribution in [0.3, 0.4) is 0 Å². The fourth-order valence-electron chi connectivity index (χ4n) is 1.33. The maximum Gasteiger partial charge on any atom is 0.242 e. The van der Waals surface area contributed by atoms with Gasteiger partial charge >= 0.3 is 0 Å². The predicted octanol–water partition coefficient (Wildman–Crippen LogP) is 0.774. The van der Waals surface area contributed by atoms with Gasteiger partial charge in [-0.25, -0.2) is 13.1 Å². The maximum absolute atomic E-state index is 12.1. The van der Waals surface area contributed by atoms with E-state index < -0.39 is 20.8 Å². The zero-order chi connectivity index (χ0) is 13.8. The smallest absolute Gasteiger partial charge is 0.242 e. The molecule has 1 aromatic carbocycles. The number of para-hydroxylation sites is 1. The summed E-state index contributed by atoms with van der Waals surface area (Å²) in [7, 11) is -2.96. The molecular weight excluding hydrogens is 272 g/mol. The van der Waals surface area contributed by atoms with Crippen molar-refractivity contribution >= 4 is 26.5 Å². The molecule has 0 saturated carbocycles. The molecule has 0 amide bonds. The van der Waals surface area contributed by atoms with Crippen molar-refractivity contribution in [2.75, 3.05) is 25.2 Å². The molecule has 2 N–H and O–H groups in total. The van der Waals surface area contributed by atoms with Gasteiger partial charge in [0.25, 0.3) is 0 Å². The highest BCUT2D eigenvalue weighted by Crippen LogP contribution is 2.19. The highest BCUT2D eigenvalue weighted by atomic mass is 32.2. The standard InChI is InChI=1S/C11H18N2O3S2/c1-9(17(3)14)8-13-18(15,16)11-7-5-4-6-10(11)12-2/h4-7,9,12-13H,8H2,1-3H3. The number of hydrogen-bond donors (Lipinski definition) is 2. The topological polar surface area (TPSA) is 75.3 Å². The Hall–Kier alpha value is -0.920. The summed E-state index contributed by atoms with van der Waals surface area (Å²) in [6.07, 6.45) is 1.56. The monoisotopic (exact) mass is 290 g/mol. The Labute approximate surface area is 110 Å². The molecule has 0 bridgehead atoms. The largest absolute Gasteiger partial charge is 0.387 e. The van der Waals surface area contributed by atoms with Crippen molar-refractivity contribution in [3.05, 3.63) is 24.3 Å². The van der Waals surface area contributed by atoms with E-state index >= 15 is 0 Å². The third-order valence-corrected chi connectivity index (χ3v) is 5.36. The molecule has 7 heteroatoms. The summed E-state index contributed by atoms with van der Waals surface area (Å²) < 4.78 is 37.8. The Kier molecular flexibility index (Phi) is 5.30. The molecule has 0 aromatic heterocycles. The molecule has 0 aliphatic rings. The molecule has 1 aromatic rings. The van der Waals surface area contributed by atoms with Gasteiger partial charge in [-0.05, 0) is 19.1 Å². The van der Waals surface area contributed by atoms with Crippen LogP contribution in [-0.4, -0.2) is 37.7 Å². The van der Waals surface area contributed by atoms with E-state index in [4.69, 9.17) is 0 Å². The second-order valence-corrected chi connectivity index (χ2v) is 7.44. The van der Waals surface area contributed by atoms with E-state index in [1.54, 1.807) is 38.4 Å². The SMILES string of the molecule is CNc1ccccc1S(=O)(=O)NCC(C)S(C)=O. The first-order chi connectivity index (χ1) is 8.38. The lowest BCUT2D eigenvalue weighted by Crippen LogP contribution is -2.32. The van der Waals surface area contributed by atoms with E-state index in [0.29, 0.717) is 5.69 Å². The zero-order valence-corrected chi connectivity index (χ0v) is 12.3. The molecule has 0 fully saturated rings. The summed E-state index contributed by atoms with van der Waals surface area (Å²) in [6.45, 7) is 1.89. The van der Waals surface area contributed by atoms with Crippen molar-refractivity contribution in [1.82, 2.24) is 4.72 Å². The Balaban J connectivity index is 2.90. The average molecular weight is 290 g/mol. The highest BCUT2D eigenvalue weighted by molar-refractivity contribution is 7.89. The van der Waals surface area contributed by atoms with Crippen LogP contribution in [0.15, 0.2) is 29.2 Å². The van der Waals surface area contributed by atoms with Crippen LogP contribution in [0, 0.1) is 0 Å². The fraction of sp³-hybridized carbons (Fsp3) is 0.455. The average Bonchev–Trinajstić information content (AvgIpc) is 2.35. The normalized spacial score (nSPS) is 15.1. The van der Waals surface area contributed by atoms with Crippen LogP contribution in [-0.2, 0) is 20.8 Å². The molecule has 0 saturated heterocycles. The Morgan fingerprint density at radius 1 is 1.33 bits per heavy atom. The Bertz CT molecular complexity index is 529. The van der Waals surface area contributed by atoms with E-state index in [0.717, 1.165) is 0 Å². The lowest BCUT2D eigenvalue weighted by molar-refractivity contribution is 0.581. The number of rotatable bonds is 6. The van der Waals surface area contributed by atoms with Crippen LogP contribution < -0.4 is 10.0 Å². The van der Waals surface area contributed by atoms with Crippen LogP contribution in [0.2, 0.25) is 0 Å². The van der Waals surface area contributed by atoms with Crippen molar-refractivity contribution in [3.8, 4) is 0 Å². The maximum atomic E-state index is 12.1. The van der Waals surface area contributed by atoms with Gasteiger partial charge in [-0.3, -0.25) is 4.21 Å². The Morgan fingerprint density at radius 3 is 2.50 bits per heavy atom. The predicted molar refractivity (Wildman–Crippen MR) is 74.7 cm³/mol. The highest BCUT2D eigenvalue weighted by Gasteiger charge is 2.19. The van der Waals surface area contributed by atoms with E-state index in [-0.39, 0.29) is 16.7 Å². The number of anilines is 1. The second-order valence-electron chi connectivity index (χ2n) is 3.91. The zero-order valence-electron chi connectivity index (χ0n) is 10.6. The number of benzene rings is 1. The van der Waals surface area contributed by atoms with Gasteiger partial charge in [0.1, 0.15) is 4.90 Å². The molecule has 0 radical (unpaired) electrons. The van der Waals surface area contributed by atoms with E-state index in [9.17, 15) is 12.6 Å². The van der Waals surface area contributed by atoms with Crippen molar-refractivity contribution in [1.29, 1.82) is 0 Å². The summed E-state index contributed by atoms with van der Waals surface area (Å²) in [4.78, 5) is 0.196. The summed E-state index contributed by atoms with van der Waals surface area (Å²) in [6, 6.07) is 6.64. The lowest BCUT2D eigenvalue weighted by atomic mass is 10.3. The molecule has 102 valence electrons. The number of sulfonamides is 1. The summed E-state index contributed by atoms with van der Waals surface area (Å²) in [5.74, 6) is 0. The molecule has 0 aliphatic heterocycles. The van der Waals surface area contributed by atoms with Crippen molar-refractivity contribution in [3.63, 3.8) is 0 Å². The van der Waals surface area contributed by atoms with Crippen LogP contribution >= 0.6 is 0 Å². The second kappa shape index (κ2) is 6.31. The first kappa shape index (κ1) is 15.1. The molecule has 18 heavy (non-hydrogen) atoms. The quantitative estimate of drug-likeness (QED) is 0.811. The molecule has 2 atom stereocenters. The van der Waals surface area contributed by atoms with Crippen LogP contribution in [0.5, 0.6) is 0 Å². The van der Waals surface area contributed by atoms with Gasteiger partial charge in [0, 0.05) is 35.9 Å². The van der Waals surface area contributed by atoms with Gasteiger partial charge in [-0.2, -0.15) is 0 Å². The minimum absolute atomic E-state index is 0.156. The first-order valence-corrected chi connectivity index (χ1v) is 8.57.